The topological polar surface area (TPSA) is 98.2 Å². The molecule has 2 aromatic rings. The van der Waals surface area contributed by atoms with Gasteiger partial charge < -0.3 is 11.1 Å². The second-order valence-corrected chi connectivity index (χ2v) is 6.70. The third-order valence-corrected chi connectivity index (χ3v) is 4.15. The summed E-state index contributed by atoms with van der Waals surface area (Å²) in [6.45, 7) is 0. The molecule has 0 unspecified atom stereocenters. The highest BCUT2D eigenvalue weighted by Crippen LogP contribution is 2.24. The number of hydrogen-bond donors (Lipinski definition) is 3. The molecule has 2 aromatic carbocycles. The molecule has 0 atom stereocenters. The number of hydrogen-bond acceptors (Lipinski definition) is 4. The van der Waals surface area contributed by atoms with E-state index in [4.69, 9.17) is 10.9 Å². The third-order valence-electron chi connectivity index (χ3n) is 2.45. The predicted octanol–water partition coefficient (Wildman–Crippen LogP) is 2.26. The number of halogens is 1. The number of anilines is 3. The Kier molecular flexibility index (Phi) is 3.97. The summed E-state index contributed by atoms with van der Waals surface area (Å²) >= 11 is 2.22. The summed E-state index contributed by atoms with van der Waals surface area (Å²) in [6.07, 6.45) is 0. The fraction of sp³-hybridized carbons (Fsp3) is 0. The quantitative estimate of drug-likeness (QED) is 0.554. The molecular weight excluding hydrogens is 377 g/mol. The number of nitrogens with one attached hydrogen (secondary N) is 1. The molecule has 19 heavy (non-hydrogen) atoms. The minimum absolute atomic E-state index is 0.0688. The summed E-state index contributed by atoms with van der Waals surface area (Å²) in [7, 11) is -3.78. The molecular formula is C12H12IN3O2S. The maximum absolute atomic E-state index is 11.2. The van der Waals surface area contributed by atoms with E-state index in [0.717, 1.165) is 9.26 Å². The van der Waals surface area contributed by atoms with Crippen molar-refractivity contribution in [3.63, 3.8) is 0 Å². The standard InChI is InChI=1S/C12H12IN3O2S/c13-8-1-3-9(4-2-8)16-10-5-6-12(11(14)7-10)19(15,17)18/h1-7,16H,14H2,(H2,15,17,18). The van der Waals surface area contributed by atoms with Gasteiger partial charge in [-0.2, -0.15) is 0 Å². The van der Waals surface area contributed by atoms with E-state index in [2.05, 4.69) is 27.9 Å². The molecule has 0 heterocycles. The summed E-state index contributed by atoms with van der Waals surface area (Å²) in [6, 6.07) is 12.3. The zero-order valence-electron chi connectivity index (χ0n) is 9.80. The normalized spacial score (nSPS) is 11.3. The zero-order chi connectivity index (χ0) is 14.0. The maximum atomic E-state index is 11.2. The lowest BCUT2D eigenvalue weighted by molar-refractivity contribution is 0.598. The van der Waals surface area contributed by atoms with E-state index in [1.807, 2.05) is 24.3 Å². The van der Waals surface area contributed by atoms with E-state index in [1.165, 1.54) is 12.1 Å². The van der Waals surface area contributed by atoms with Gasteiger partial charge in [0.15, 0.2) is 0 Å². The van der Waals surface area contributed by atoms with Crippen LogP contribution in [0.25, 0.3) is 0 Å². The third kappa shape index (κ3) is 3.58. The molecule has 0 aliphatic rings. The molecule has 0 spiro atoms. The Morgan fingerprint density at radius 2 is 1.58 bits per heavy atom. The molecule has 0 saturated heterocycles. The van der Waals surface area contributed by atoms with Crippen LogP contribution in [0.5, 0.6) is 0 Å². The highest BCUT2D eigenvalue weighted by molar-refractivity contribution is 14.1. The number of sulfonamides is 1. The molecule has 0 aromatic heterocycles. The molecule has 0 aliphatic carbocycles. The average Bonchev–Trinajstić information content (AvgIpc) is 2.30. The van der Waals surface area contributed by atoms with Gasteiger partial charge in [0, 0.05) is 14.9 Å². The summed E-state index contributed by atoms with van der Waals surface area (Å²) in [5, 5.41) is 8.18. The van der Waals surface area contributed by atoms with E-state index in [9.17, 15) is 8.42 Å². The Labute approximate surface area is 125 Å². The number of nitrogen functional groups attached to an aromatic ring is 1. The van der Waals surface area contributed by atoms with Crippen molar-refractivity contribution in [1.29, 1.82) is 0 Å². The highest BCUT2D eigenvalue weighted by atomic mass is 127. The summed E-state index contributed by atoms with van der Waals surface area (Å²) in [5.41, 5.74) is 7.40. The average molecular weight is 389 g/mol. The van der Waals surface area contributed by atoms with Crippen LogP contribution in [0.2, 0.25) is 0 Å². The van der Waals surface area contributed by atoms with Gasteiger partial charge >= 0.3 is 0 Å². The number of nitrogens with two attached hydrogens (primary N) is 2. The Bertz CT molecular complexity index is 699. The second kappa shape index (κ2) is 5.35. The van der Waals surface area contributed by atoms with Gasteiger partial charge in [-0.3, -0.25) is 0 Å². The predicted molar refractivity (Wildman–Crippen MR) is 84.7 cm³/mol. The molecule has 0 radical (unpaired) electrons. The smallest absolute Gasteiger partial charge is 0.240 e. The molecule has 5 N–H and O–H groups in total. The molecule has 0 saturated carbocycles. The lowest BCUT2D eigenvalue weighted by Gasteiger charge is -2.09. The van der Waals surface area contributed by atoms with Gasteiger partial charge in [-0.15, -0.1) is 0 Å². The van der Waals surface area contributed by atoms with Crippen LogP contribution in [0.4, 0.5) is 17.1 Å². The van der Waals surface area contributed by atoms with Gasteiger partial charge in [0.2, 0.25) is 10.0 Å². The van der Waals surface area contributed by atoms with Crippen molar-refractivity contribution < 1.29 is 8.42 Å². The SMILES string of the molecule is Nc1cc(Nc2ccc(I)cc2)ccc1S(N)(=O)=O. The Morgan fingerprint density at radius 3 is 2.11 bits per heavy atom. The van der Waals surface area contributed by atoms with Crippen molar-refractivity contribution in [2.24, 2.45) is 5.14 Å². The summed E-state index contributed by atoms with van der Waals surface area (Å²) < 4.78 is 23.6. The first-order valence-corrected chi connectivity index (χ1v) is 7.94. The molecule has 5 nitrogen and oxygen atoms in total. The van der Waals surface area contributed by atoms with Crippen LogP contribution < -0.4 is 16.2 Å². The van der Waals surface area contributed by atoms with Gasteiger partial charge in [-0.25, -0.2) is 13.6 Å². The van der Waals surface area contributed by atoms with Crippen molar-refractivity contribution >= 4 is 49.7 Å². The largest absolute Gasteiger partial charge is 0.398 e. The van der Waals surface area contributed by atoms with Crippen molar-refractivity contribution in [1.82, 2.24) is 0 Å². The fourth-order valence-corrected chi connectivity index (χ4v) is 2.59. The van der Waals surface area contributed by atoms with Crippen LogP contribution in [-0.2, 0) is 10.0 Å². The number of primary sulfonamides is 1. The van der Waals surface area contributed by atoms with Gasteiger partial charge in [-0.1, -0.05) is 0 Å². The Morgan fingerprint density at radius 1 is 1.00 bits per heavy atom. The van der Waals surface area contributed by atoms with Gasteiger partial charge in [-0.05, 0) is 65.1 Å². The molecule has 0 amide bonds. The summed E-state index contributed by atoms with van der Waals surface area (Å²) in [5.74, 6) is 0. The van der Waals surface area contributed by atoms with Crippen LogP contribution in [0.3, 0.4) is 0 Å². The van der Waals surface area contributed by atoms with E-state index in [1.54, 1.807) is 6.07 Å². The van der Waals surface area contributed by atoms with Crippen molar-refractivity contribution in [2.75, 3.05) is 11.1 Å². The molecule has 100 valence electrons. The van der Waals surface area contributed by atoms with Gasteiger partial charge in [0.1, 0.15) is 4.90 Å². The molecule has 7 heteroatoms. The lowest BCUT2D eigenvalue weighted by atomic mass is 10.2. The maximum Gasteiger partial charge on any atom is 0.240 e. The Hall–Kier alpha value is -1.32. The van der Waals surface area contributed by atoms with Crippen molar-refractivity contribution in [3.8, 4) is 0 Å². The first-order valence-electron chi connectivity index (χ1n) is 5.31. The highest BCUT2D eigenvalue weighted by Gasteiger charge is 2.12. The van der Waals surface area contributed by atoms with Gasteiger partial charge in [0.05, 0.1) is 5.69 Å². The summed E-state index contributed by atoms with van der Waals surface area (Å²) in [4.78, 5) is -0.0688. The monoisotopic (exact) mass is 389 g/mol. The number of rotatable bonds is 3. The minimum atomic E-state index is -3.78. The first-order chi connectivity index (χ1) is 8.86. The van der Waals surface area contributed by atoms with Gasteiger partial charge in [0.25, 0.3) is 0 Å². The second-order valence-electron chi connectivity index (χ2n) is 3.93. The fourth-order valence-electron chi connectivity index (χ4n) is 1.59. The molecule has 0 aliphatic heterocycles. The lowest BCUT2D eigenvalue weighted by Crippen LogP contribution is -2.14. The number of benzene rings is 2. The molecule has 2 rings (SSSR count). The van der Waals surface area contributed by atoms with Crippen LogP contribution in [0, 0.1) is 3.57 Å². The first kappa shape index (κ1) is 14.1. The zero-order valence-corrected chi connectivity index (χ0v) is 12.8. The van der Waals surface area contributed by atoms with Crippen molar-refractivity contribution in [3.05, 3.63) is 46.0 Å². The van der Waals surface area contributed by atoms with Crippen LogP contribution in [-0.4, -0.2) is 8.42 Å². The van der Waals surface area contributed by atoms with Crippen molar-refractivity contribution in [2.45, 2.75) is 4.90 Å². The van der Waals surface area contributed by atoms with E-state index in [-0.39, 0.29) is 10.6 Å². The molecule has 0 bridgehead atoms. The minimum Gasteiger partial charge on any atom is -0.398 e. The Balaban J connectivity index is 2.28. The van der Waals surface area contributed by atoms with E-state index >= 15 is 0 Å². The molecule has 0 fully saturated rings. The van der Waals surface area contributed by atoms with Crippen LogP contribution >= 0.6 is 22.6 Å². The van der Waals surface area contributed by atoms with Crippen LogP contribution in [0.15, 0.2) is 47.4 Å². The van der Waals surface area contributed by atoms with E-state index < -0.39 is 10.0 Å². The van der Waals surface area contributed by atoms with E-state index in [0.29, 0.717) is 5.69 Å². The van der Waals surface area contributed by atoms with Crippen LogP contribution in [0.1, 0.15) is 0 Å².